The first kappa shape index (κ1) is 31.9. The predicted octanol–water partition coefficient (Wildman–Crippen LogP) is 4.96. The van der Waals surface area contributed by atoms with Gasteiger partial charge in [0.25, 0.3) is 0 Å². The molecule has 0 bridgehead atoms. The minimum absolute atomic E-state index is 0.207. The standard InChI is InChI=1S/C28H36ClN6O5P/c1-7-26(36)31-22-16-21(23(39-4)17-24(22)40-15-13-35(2)12-14-38-3)33-28-30-18-19(29)27(34-28)32-20-10-8-9-11-25(20)41(5,6)37/h7-11,16-18H,1,12-15H2,2-6H3,(H,31,36)(H2,30,32,33,34). The van der Waals surface area contributed by atoms with Crippen LogP contribution in [0, 0.1) is 0 Å². The molecule has 3 rings (SSSR count). The number of anilines is 5. The van der Waals surface area contributed by atoms with Crippen molar-refractivity contribution in [1.82, 2.24) is 14.9 Å². The number of amides is 1. The summed E-state index contributed by atoms with van der Waals surface area (Å²) in [7, 11) is 2.57. The maximum Gasteiger partial charge on any atom is 0.247 e. The number of carbonyl (C=O) groups excluding carboxylic acids is 1. The van der Waals surface area contributed by atoms with E-state index in [2.05, 4.69) is 37.4 Å². The molecule has 0 aliphatic carbocycles. The number of hydrogen-bond donors (Lipinski definition) is 3. The molecule has 0 spiro atoms. The molecule has 0 radical (unpaired) electrons. The SMILES string of the molecule is C=CC(=O)Nc1cc(Nc2ncc(Cl)c(Nc3ccccc3P(C)(C)=O)n2)c(OC)cc1OCCN(C)CCOC. The van der Waals surface area contributed by atoms with Crippen molar-refractivity contribution < 1.29 is 23.6 Å². The molecular formula is C28H36ClN6O5P. The number of likely N-dealkylation sites (N-methyl/N-ethyl adjacent to an activating group) is 1. The summed E-state index contributed by atoms with van der Waals surface area (Å²) in [4.78, 5) is 23.1. The molecule has 1 heterocycles. The highest BCUT2D eigenvalue weighted by molar-refractivity contribution is 7.70. The second-order valence-corrected chi connectivity index (χ2v) is 13.0. The van der Waals surface area contributed by atoms with E-state index in [0.29, 0.717) is 59.4 Å². The lowest BCUT2D eigenvalue weighted by Crippen LogP contribution is -2.27. The number of benzene rings is 2. The van der Waals surface area contributed by atoms with Gasteiger partial charge < -0.3 is 39.6 Å². The van der Waals surface area contributed by atoms with E-state index in [9.17, 15) is 9.36 Å². The number of nitrogens with one attached hydrogen (secondary N) is 3. The van der Waals surface area contributed by atoms with Crippen molar-refractivity contribution in [3.05, 3.63) is 60.3 Å². The van der Waals surface area contributed by atoms with Crippen molar-refractivity contribution in [2.24, 2.45) is 0 Å². The molecule has 1 aromatic heterocycles. The van der Waals surface area contributed by atoms with Crippen LogP contribution in [0.3, 0.4) is 0 Å². The Balaban J connectivity index is 1.89. The summed E-state index contributed by atoms with van der Waals surface area (Å²) >= 11 is 6.40. The fraction of sp³-hybridized carbons (Fsp3) is 0.321. The molecule has 3 aromatic rings. The van der Waals surface area contributed by atoms with Gasteiger partial charge in [-0.05, 0) is 44.7 Å². The van der Waals surface area contributed by atoms with E-state index in [1.807, 2.05) is 31.3 Å². The lowest BCUT2D eigenvalue weighted by atomic mass is 10.2. The molecule has 11 nitrogen and oxygen atoms in total. The van der Waals surface area contributed by atoms with E-state index in [0.717, 1.165) is 6.54 Å². The Morgan fingerprint density at radius 2 is 1.80 bits per heavy atom. The number of para-hydroxylation sites is 1. The van der Waals surface area contributed by atoms with Crippen LogP contribution < -0.4 is 30.7 Å². The zero-order valence-electron chi connectivity index (χ0n) is 23.9. The minimum Gasteiger partial charge on any atom is -0.494 e. The largest absolute Gasteiger partial charge is 0.494 e. The molecule has 2 aromatic carbocycles. The van der Waals surface area contributed by atoms with Gasteiger partial charge in [0.2, 0.25) is 11.9 Å². The fourth-order valence-electron chi connectivity index (χ4n) is 3.71. The van der Waals surface area contributed by atoms with Gasteiger partial charge in [0.1, 0.15) is 30.3 Å². The first-order valence-corrected chi connectivity index (χ1v) is 15.7. The lowest BCUT2D eigenvalue weighted by molar-refractivity contribution is -0.111. The van der Waals surface area contributed by atoms with Gasteiger partial charge in [-0.15, -0.1) is 0 Å². The second-order valence-electron chi connectivity index (χ2n) is 9.39. The van der Waals surface area contributed by atoms with Gasteiger partial charge >= 0.3 is 0 Å². The molecule has 0 saturated carbocycles. The van der Waals surface area contributed by atoms with Crippen LogP contribution in [0.4, 0.5) is 28.8 Å². The number of rotatable bonds is 15. The van der Waals surface area contributed by atoms with Crippen molar-refractivity contribution in [3.63, 3.8) is 0 Å². The average molecular weight is 603 g/mol. The average Bonchev–Trinajstić information content (AvgIpc) is 2.94. The van der Waals surface area contributed by atoms with E-state index in [1.165, 1.54) is 19.4 Å². The summed E-state index contributed by atoms with van der Waals surface area (Å²) in [5, 5.41) is 10.0. The lowest BCUT2D eigenvalue weighted by Gasteiger charge is -2.20. The molecule has 0 unspecified atom stereocenters. The number of hydrogen-bond acceptors (Lipinski definition) is 10. The van der Waals surface area contributed by atoms with E-state index in [-0.39, 0.29) is 11.0 Å². The maximum atomic E-state index is 12.8. The number of halogens is 1. The van der Waals surface area contributed by atoms with Crippen molar-refractivity contribution in [1.29, 1.82) is 0 Å². The van der Waals surface area contributed by atoms with Gasteiger partial charge in [-0.3, -0.25) is 4.79 Å². The van der Waals surface area contributed by atoms with Gasteiger partial charge in [0.05, 0.1) is 37.0 Å². The van der Waals surface area contributed by atoms with Gasteiger partial charge in [-0.2, -0.15) is 4.98 Å². The fourth-order valence-corrected chi connectivity index (χ4v) is 5.00. The van der Waals surface area contributed by atoms with Crippen LogP contribution in [-0.4, -0.2) is 81.7 Å². The Hall–Kier alpha value is -3.63. The van der Waals surface area contributed by atoms with Gasteiger partial charge in [-0.1, -0.05) is 30.3 Å². The molecule has 220 valence electrons. The third-order valence-corrected chi connectivity index (χ3v) is 7.71. The van der Waals surface area contributed by atoms with Crippen LogP contribution in [0.1, 0.15) is 0 Å². The number of aromatic nitrogens is 2. The highest BCUT2D eigenvalue weighted by Crippen LogP contribution is 2.40. The molecule has 1 amide bonds. The van der Waals surface area contributed by atoms with Crippen molar-refractivity contribution >= 4 is 58.8 Å². The van der Waals surface area contributed by atoms with E-state index >= 15 is 0 Å². The Kier molecular flexibility index (Phi) is 11.5. The number of ether oxygens (including phenoxy) is 3. The molecule has 0 aliphatic heterocycles. The third kappa shape index (κ3) is 9.19. The summed E-state index contributed by atoms with van der Waals surface area (Å²) in [5.74, 6) is 0.975. The van der Waals surface area contributed by atoms with Crippen molar-refractivity contribution in [3.8, 4) is 11.5 Å². The Labute approximate surface area is 245 Å². The Bertz CT molecular complexity index is 1420. The smallest absolute Gasteiger partial charge is 0.247 e. The summed E-state index contributed by atoms with van der Waals surface area (Å²) in [5.41, 5.74) is 1.51. The third-order valence-electron chi connectivity index (χ3n) is 5.88. The highest BCUT2D eigenvalue weighted by atomic mass is 35.5. The number of methoxy groups -OCH3 is 2. The number of nitrogens with zero attached hydrogens (tertiary/aromatic N) is 3. The van der Waals surface area contributed by atoms with Crippen LogP contribution in [0.15, 0.2) is 55.3 Å². The zero-order valence-corrected chi connectivity index (χ0v) is 25.5. The molecule has 0 aliphatic rings. The van der Waals surface area contributed by atoms with Crippen LogP contribution in [-0.2, 0) is 14.1 Å². The molecular weight excluding hydrogens is 567 g/mol. The van der Waals surface area contributed by atoms with Crippen molar-refractivity contribution in [2.45, 2.75) is 0 Å². The first-order valence-electron chi connectivity index (χ1n) is 12.7. The Morgan fingerprint density at radius 1 is 1.07 bits per heavy atom. The van der Waals surface area contributed by atoms with Gasteiger partial charge in [-0.25, -0.2) is 4.98 Å². The van der Waals surface area contributed by atoms with Crippen LogP contribution >= 0.6 is 18.7 Å². The van der Waals surface area contributed by atoms with Gasteiger partial charge in [0, 0.05) is 31.6 Å². The van der Waals surface area contributed by atoms with E-state index < -0.39 is 13.0 Å². The van der Waals surface area contributed by atoms with Crippen LogP contribution in [0.2, 0.25) is 5.02 Å². The molecule has 0 atom stereocenters. The maximum absolute atomic E-state index is 12.8. The molecule has 0 saturated heterocycles. The summed E-state index contributed by atoms with van der Waals surface area (Å²) in [6, 6.07) is 10.6. The normalized spacial score (nSPS) is 11.2. The predicted molar refractivity (Wildman–Crippen MR) is 166 cm³/mol. The monoisotopic (exact) mass is 602 g/mol. The molecule has 3 N–H and O–H groups in total. The molecule has 0 fully saturated rings. The second kappa shape index (κ2) is 14.8. The van der Waals surface area contributed by atoms with Crippen LogP contribution in [0.5, 0.6) is 11.5 Å². The minimum atomic E-state index is -2.57. The van der Waals surface area contributed by atoms with E-state index in [1.54, 1.807) is 32.6 Å². The van der Waals surface area contributed by atoms with Crippen molar-refractivity contribution in [2.75, 3.05) is 76.9 Å². The zero-order chi connectivity index (χ0) is 30.0. The summed E-state index contributed by atoms with van der Waals surface area (Å²) in [6.45, 7) is 9.30. The summed E-state index contributed by atoms with van der Waals surface area (Å²) < 4.78 is 29.5. The summed E-state index contributed by atoms with van der Waals surface area (Å²) in [6.07, 6.45) is 2.62. The number of carbonyl (C=O) groups is 1. The quantitative estimate of drug-likeness (QED) is 0.162. The van der Waals surface area contributed by atoms with E-state index in [4.69, 9.17) is 25.8 Å². The van der Waals surface area contributed by atoms with Crippen LogP contribution in [0.25, 0.3) is 0 Å². The molecule has 13 heteroatoms. The highest BCUT2D eigenvalue weighted by Gasteiger charge is 2.18. The molecule has 41 heavy (non-hydrogen) atoms. The van der Waals surface area contributed by atoms with Gasteiger partial charge in [0.15, 0.2) is 5.82 Å². The Morgan fingerprint density at radius 3 is 2.49 bits per heavy atom. The topological polar surface area (TPSA) is 127 Å². The first-order chi connectivity index (χ1) is 19.5.